The van der Waals surface area contributed by atoms with Crippen molar-refractivity contribution in [2.24, 2.45) is 5.92 Å². The van der Waals surface area contributed by atoms with E-state index in [1.54, 1.807) is 0 Å². The number of rotatable bonds is 5. The second kappa shape index (κ2) is 7.47. The minimum absolute atomic E-state index is 0.0728. The van der Waals surface area contributed by atoms with E-state index in [-0.39, 0.29) is 31.8 Å². The third-order valence-corrected chi connectivity index (χ3v) is 3.19. The van der Waals surface area contributed by atoms with Gasteiger partial charge in [-0.3, -0.25) is 9.59 Å². The van der Waals surface area contributed by atoms with Crippen LogP contribution in [0.3, 0.4) is 0 Å². The minimum Gasteiger partial charge on any atom is -0.355 e. The van der Waals surface area contributed by atoms with E-state index in [1.807, 2.05) is 6.92 Å². The largest absolute Gasteiger partial charge is 0.393 e. The molecule has 5 nitrogen and oxygen atoms in total. The predicted octanol–water partition coefficient (Wildman–Crippen LogP) is 0.559. The molecule has 0 aromatic heterocycles. The second-order valence-electron chi connectivity index (χ2n) is 4.84. The van der Waals surface area contributed by atoms with Gasteiger partial charge in [-0.05, 0) is 19.3 Å². The summed E-state index contributed by atoms with van der Waals surface area (Å²) in [6, 6.07) is -0.660. The first-order valence-corrected chi connectivity index (χ1v) is 6.69. The molecule has 0 saturated carbocycles. The summed E-state index contributed by atoms with van der Waals surface area (Å²) < 4.78 is 37.3. The molecule has 2 amide bonds. The summed E-state index contributed by atoms with van der Waals surface area (Å²) in [5.41, 5.74) is 0. The van der Waals surface area contributed by atoms with Crippen molar-refractivity contribution in [3.8, 4) is 0 Å². The number of carbonyl (C=O) groups excluding carboxylic acids is 2. The van der Waals surface area contributed by atoms with Crippen molar-refractivity contribution in [2.45, 2.75) is 38.4 Å². The van der Waals surface area contributed by atoms with Gasteiger partial charge in [0.1, 0.15) is 0 Å². The standard InChI is InChI=1S/C12H20F3N3O2/c1-2-5-16-10(19)7-18-11(20)9-4-3-8(6-17-9)12(13,14)15/h8-9,17H,2-7H2,1H3,(H,16,19)(H,18,20). The average molecular weight is 295 g/mol. The SMILES string of the molecule is CCCNC(=O)CNC(=O)C1CCC(C(F)(F)F)CN1. The molecule has 1 aliphatic heterocycles. The molecule has 8 heteroatoms. The zero-order valence-corrected chi connectivity index (χ0v) is 11.3. The third-order valence-electron chi connectivity index (χ3n) is 3.19. The minimum atomic E-state index is -4.23. The Morgan fingerprint density at radius 3 is 2.45 bits per heavy atom. The fourth-order valence-corrected chi connectivity index (χ4v) is 1.98. The van der Waals surface area contributed by atoms with Gasteiger partial charge in [0.25, 0.3) is 0 Å². The van der Waals surface area contributed by atoms with E-state index in [2.05, 4.69) is 16.0 Å². The molecular formula is C12H20F3N3O2. The predicted molar refractivity (Wildman–Crippen MR) is 66.9 cm³/mol. The third kappa shape index (κ3) is 5.36. The maximum atomic E-state index is 12.4. The first-order chi connectivity index (χ1) is 9.34. The lowest BCUT2D eigenvalue weighted by Gasteiger charge is -2.30. The average Bonchev–Trinajstić information content (AvgIpc) is 2.41. The normalized spacial score (nSPS) is 23.2. The highest BCUT2D eigenvalue weighted by Crippen LogP contribution is 2.31. The van der Waals surface area contributed by atoms with Crippen LogP contribution >= 0.6 is 0 Å². The Hall–Kier alpha value is -1.31. The lowest BCUT2D eigenvalue weighted by Crippen LogP contribution is -2.52. The molecule has 1 aliphatic rings. The molecule has 1 heterocycles. The Morgan fingerprint density at radius 2 is 1.95 bits per heavy atom. The number of hydrogen-bond acceptors (Lipinski definition) is 3. The van der Waals surface area contributed by atoms with E-state index in [1.165, 1.54) is 0 Å². The van der Waals surface area contributed by atoms with Crippen LogP contribution in [0.4, 0.5) is 13.2 Å². The Morgan fingerprint density at radius 1 is 1.25 bits per heavy atom. The molecule has 0 aromatic carbocycles. The summed E-state index contributed by atoms with van der Waals surface area (Å²) in [6.07, 6.45) is -3.39. The number of hydrogen-bond donors (Lipinski definition) is 3. The van der Waals surface area contributed by atoms with E-state index in [4.69, 9.17) is 0 Å². The van der Waals surface area contributed by atoms with Crippen molar-refractivity contribution in [1.29, 1.82) is 0 Å². The number of piperidine rings is 1. The zero-order valence-electron chi connectivity index (χ0n) is 11.3. The van der Waals surface area contributed by atoms with E-state index in [0.717, 1.165) is 6.42 Å². The van der Waals surface area contributed by atoms with Crippen LogP contribution in [0.25, 0.3) is 0 Å². The Labute approximate surface area is 115 Å². The van der Waals surface area contributed by atoms with Crippen molar-refractivity contribution in [2.75, 3.05) is 19.6 Å². The van der Waals surface area contributed by atoms with Crippen molar-refractivity contribution in [3.63, 3.8) is 0 Å². The van der Waals surface area contributed by atoms with Crippen molar-refractivity contribution < 1.29 is 22.8 Å². The number of halogens is 3. The summed E-state index contributed by atoms with van der Waals surface area (Å²) in [4.78, 5) is 23.0. The summed E-state index contributed by atoms with van der Waals surface area (Å²) in [7, 11) is 0. The topological polar surface area (TPSA) is 70.2 Å². The van der Waals surface area contributed by atoms with Crippen molar-refractivity contribution in [3.05, 3.63) is 0 Å². The van der Waals surface area contributed by atoms with Crippen LogP contribution in [-0.4, -0.2) is 43.7 Å². The summed E-state index contributed by atoms with van der Waals surface area (Å²) in [6.45, 7) is 2.02. The van der Waals surface area contributed by atoms with Crippen molar-refractivity contribution in [1.82, 2.24) is 16.0 Å². The lowest BCUT2D eigenvalue weighted by molar-refractivity contribution is -0.180. The first kappa shape index (κ1) is 16.7. The van der Waals surface area contributed by atoms with Crippen LogP contribution < -0.4 is 16.0 Å². The van der Waals surface area contributed by atoms with Gasteiger partial charge in [0.05, 0.1) is 18.5 Å². The highest BCUT2D eigenvalue weighted by molar-refractivity contribution is 5.87. The van der Waals surface area contributed by atoms with E-state index in [9.17, 15) is 22.8 Å². The van der Waals surface area contributed by atoms with Gasteiger partial charge in [-0.25, -0.2) is 0 Å². The summed E-state index contributed by atoms with van der Waals surface area (Å²) in [5, 5.41) is 7.59. The van der Waals surface area contributed by atoms with E-state index >= 15 is 0 Å². The lowest BCUT2D eigenvalue weighted by atomic mass is 9.94. The molecule has 0 aromatic rings. The van der Waals surface area contributed by atoms with Gasteiger partial charge in [0.15, 0.2) is 0 Å². The smallest absolute Gasteiger partial charge is 0.355 e. The van der Waals surface area contributed by atoms with Gasteiger partial charge in [0, 0.05) is 13.1 Å². The number of amides is 2. The monoisotopic (exact) mass is 295 g/mol. The van der Waals surface area contributed by atoms with E-state index < -0.39 is 24.0 Å². The Balaban J connectivity index is 2.27. The molecule has 3 N–H and O–H groups in total. The molecular weight excluding hydrogens is 275 g/mol. The number of alkyl halides is 3. The summed E-state index contributed by atoms with van der Waals surface area (Å²) >= 11 is 0. The molecule has 1 rings (SSSR count). The molecule has 0 bridgehead atoms. The van der Waals surface area contributed by atoms with E-state index in [0.29, 0.717) is 6.54 Å². The fraction of sp³-hybridized carbons (Fsp3) is 0.833. The zero-order chi connectivity index (χ0) is 15.2. The van der Waals surface area contributed by atoms with Gasteiger partial charge in [-0.1, -0.05) is 6.92 Å². The van der Waals surface area contributed by atoms with Gasteiger partial charge in [-0.2, -0.15) is 13.2 Å². The molecule has 20 heavy (non-hydrogen) atoms. The van der Waals surface area contributed by atoms with Gasteiger partial charge in [0.2, 0.25) is 11.8 Å². The molecule has 0 radical (unpaired) electrons. The molecule has 1 saturated heterocycles. The van der Waals surface area contributed by atoms with Crippen LogP contribution in [0, 0.1) is 5.92 Å². The Kier molecular flexibility index (Phi) is 6.25. The fourth-order valence-electron chi connectivity index (χ4n) is 1.98. The van der Waals surface area contributed by atoms with Gasteiger partial charge in [-0.15, -0.1) is 0 Å². The highest BCUT2D eigenvalue weighted by Gasteiger charge is 2.42. The van der Waals surface area contributed by atoms with Gasteiger partial charge >= 0.3 is 6.18 Å². The number of carbonyl (C=O) groups is 2. The quantitative estimate of drug-likeness (QED) is 0.694. The molecule has 1 fully saturated rings. The highest BCUT2D eigenvalue weighted by atomic mass is 19.4. The molecule has 116 valence electrons. The van der Waals surface area contributed by atoms with Crippen LogP contribution in [0.2, 0.25) is 0 Å². The molecule has 0 aliphatic carbocycles. The van der Waals surface area contributed by atoms with Gasteiger partial charge < -0.3 is 16.0 Å². The summed E-state index contributed by atoms with van der Waals surface area (Å²) in [5.74, 6) is -2.14. The first-order valence-electron chi connectivity index (χ1n) is 6.69. The number of nitrogens with one attached hydrogen (secondary N) is 3. The maximum absolute atomic E-state index is 12.4. The van der Waals surface area contributed by atoms with Crippen LogP contribution in [0.5, 0.6) is 0 Å². The van der Waals surface area contributed by atoms with Crippen molar-refractivity contribution >= 4 is 11.8 Å². The second-order valence-corrected chi connectivity index (χ2v) is 4.84. The Bertz CT molecular complexity index is 339. The van der Waals surface area contributed by atoms with Crippen LogP contribution in [0.15, 0.2) is 0 Å². The van der Waals surface area contributed by atoms with Crippen LogP contribution in [0.1, 0.15) is 26.2 Å². The van der Waals surface area contributed by atoms with Crippen LogP contribution in [-0.2, 0) is 9.59 Å². The molecule has 2 atom stereocenters. The molecule has 2 unspecified atom stereocenters. The maximum Gasteiger partial charge on any atom is 0.393 e. The molecule has 0 spiro atoms.